The summed E-state index contributed by atoms with van der Waals surface area (Å²) in [5, 5.41) is 9.14. The van der Waals surface area contributed by atoms with E-state index in [9.17, 15) is 0 Å². The van der Waals surface area contributed by atoms with E-state index in [0.717, 1.165) is 17.7 Å². The lowest BCUT2D eigenvalue weighted by atomic mass is 10.1. The summed E-state index contributed by atoms with van der Waals surface area (Å²) in [6.07, 6.45) is 0.978. The third-order valence-corrected chi connectivity index (χ3v) is 2.70. The van der Waals surface area contributed by atoms with Gasteiger partial charge in [0.05, 0.1) is 12.7 Å². The smallest absolute Gasteiger partial charge is 0.214 e. The van der Waals surface area contributed by atoms with Gasteiger partial charge in [-0.25, -0.2) is 4.98 Å². The number of aliphatic hydroxyl groups excluding tert-OH is 1. The van der Waals surface area contributed by atoms with Crippen molar-refractivity contribution in [2.24, 2.45) is 5.92 Å². The number of hydrogen-bond acceptors (Lipinski definition) is 3. The van der Waals surface area contributed by atoms with E-state index in [4.69, 9.17) is 9.84 Å². The van der Waals surface area contributed by atoms with Gasteiger partial charge in [0.1, 0.15) is 0 Å². The topological polar surface area (TPSA) is 42.4 Å². The van der Waals surface area contributed by atoms with Crippen LogP contribution in [-0.2, 0) is 13.0 Å². The molecular weight excluding hydrogens is 202 g/mol. The molecule has 0 bridgehead atoms. The summed E-state index contributed by atoms with van der Waals surface area (Å²) in [4.78, 5) is 4.39. The van der Waals surface area contributed by atoms with E-state index in [0.29, 0.717) is 11.8 Å². The number of pyridine rings is 1. The number of rotatable bonds is 5. The fourth-order valence-electron chi connectivity index (χ4n) is 1.28. The third-order valence-electron chi connectivity index (χ3n) is 2.70. The van der Waals surface area contributed by atoms with Crippen molar-refractivity contribution in [2.45, 2.75) is 46.8 Å². The Hall–Kier alpha value is -1.09. The zero-order valence-corrected chi connectivity index (χ0v) is 10.5. The van der Waals surface area contributed by atoms with Crippen molar-refractivity contribution in [1.29, 1.82) is 0 Å². The average Bonchev–Trinajstić information content (AvgIpc) is 2.28. The summed E-state index contributed by atoms with van der Waals surface area (Å²) in [6, 6.07) is 3.71. The molecule has 1 aromatic rings. The molecule has 1 atom stereocenters. The quantitative estimate of drug-likeness (QED) is 0.834. The summed E-state index contributed by atoms with van der Waals surface area (Å²) in [5.41, 5.74) is 1.82. The molecule has 0 spiro atoms. The van der Waals surface area contributed by atoms with E-state index in [1.807, 2.05) is 19.9 Å². The lowest BCUT2D eigenvalue weighted by Crippen LogP contribution is -2.19. The van der Waals surface area contributed by atoms with E-state index >= 15 is 0 Å². The average molecular weight is 223 g/mol. The second-order valence-electron chi connectivity index (χ2n) is 4.38. The molecule has 0 fully saturated rings. The van der Waals surface area contributed by atoms with Gasteiger partial charge in [-0.15, -0.1) is 0 Å². The molecule has 1 N–H and O–H groups in total. The van der Waals surface area contributed by atoms with E-state index < -0.39 is 0 Å². The predicted octanol–water partition coefficient (Wildman–Crippen LogP) is 2.56. The van der Waals surface area contributed by atoms with Gasteiger partial charge < -0.3 is 9.84 Å². The molecule has 0 aliphatic rings. The fourth-order valence-corrected chi connectivity index (χ4v) is 1.28. The number of ether oxygens (including phenoxy) is 1. The maximum absolute atomic E-state index is 9.14. The van der Waals surface area contributed by atoms with Crippen LogP contribution in [0.1, 0.15) is 39.0 Å². The van der Waals surface area contributed by atoms with Crippen LogP contribution in [0.25, 0.3) is 0 Å². The number of aromatic nitrogens is 1. The molecule has 1 aromatic heterocycles. The highest BCUT2D eigenvalue weighted by Gasteiger charge is 2.10. The lowest BCUT2D eigenvalue weighted by Gasteiger charge is -2.18. The van der Waals surface area contributed by atoms with Gasteiger partial charge in [-0.05, 0) is 30.9 Å². The van der Waals surface area contributed by atoms with Gasteiger partial charge in [0.25, 0.3) is 0 Å². The molecule has 1 unspecified atom stereocenters. The SMILES string of the molecule is CCc1cc(CO)cc(OC(C)C(C)C)n1. The first kappa shape index (κ1) is 13.0. The highest BCUT2D eigenvalue weighted by molar-refractivity contribution is 5.24. The molecule has 16 heavy (non-hydrogen) atoms. The molecule has 0 saturated carbocycles. The highest BCUT2D eigenvalue weighted by Crippen LogP contribution is 2.17. The van der Waals surface area contributed by atoms with Gasteiger partial charge in [0.2, 0.25) is 5.88 Å². The zero-order valence-electron chi connectivity index (χ0n) is 10.5. The number of aryl methyl sites for hydroxylation is 1. The van der Waals surface area contributed by atoms with Gasteiger partial charge >= 0.3 is 0 Å². The molecule has 0 amide bonds. The van der Waals surface area contributed by atoms with Crippen molar-refractivity contribution in [2.75, 3.05) is 0 Å². The maximum atomic E-state index is 9.14. The maximum Gasteiger partial charge on any atom is 0.214 e. The second kappa shape index (κ2) is 5.85. The zero-order chi connectivity index (χ0) is 12.1. The van der Waals surface area contributed by atoms with Crippen molar-refractivity contribution in [3.63, 3.8) is 0 Å². The lowest BCUT2D eigenvalue weighted by molar-refractivity contribution is 0.162. The molecule has 3 heteroatoms. The Morgan fingerprint density at radius 3 is 2.50 bits per heavy atom. The Bertz CT molecular complexity index is 314. The first-order valence-corrected chi connectivity index (χ1v) is 5.84. The summed E-state index contributed by atoms with van der Waals surface area (Å²) in [7, 11) is 0. The minimum atomic E-state index is 0.0297. The molecule has 90 valence electrons. The Kier molecular flexibility index (Phi) is 4.74. The van der Waals surface area contributed by atoms with Crippen molar-refractivity contribution >= 4 is 0 Å². The van der Waals surface area contributed by atoms with Crippen LogP contribution in [0.5, 0.6) is 5.88 Å². The van der Waals surface area contributed by atoms with Crippen molar-refractivity contribution in [3.05, 3.63) is 23.4 Å². The molecule has 1 heterocycles. The van der Waals surface area contributed by atoms with Crippen LogP contribution in [0.3, 0.4) is 0 Å². The van der Waals surface area contributed by atoms with Crippen molar-refractivity contribution in [3.8, 4) is 5.88 Å². The first-order valence-electron chi connectivity index (χ1n) is 5.84. The largest absolute Gasteiger partial charge is 0.474 e. The van der Waals surface area contributed by atoms with Gasteiger partial charge in [0.15, 0.2) is 0 Å². The summed E-state index contributed by atoms with van der Waals surface area (Å²) < 4.78 is 5.74. The van der Waals surface area contributed by atoms with Crippen LogP contribution < -0.4 is 4.74 Å². The molecule has 0 aromatic carbocycles. The second-order valence-corrected chi connectivity index (χ2v) is 4.38. The summed E-state index contributed by atoms with van der Waals surface area (Å²) in [5.74, 6) is 1.06. The van der Waals surface area contributed by atoms with Gasteiger partial charge in [-0.2, -0.15) is 0 Å². The molecule has 0 aliphatic heterocycles. The minimum absolute atomic E-state index is 0.0297. The fraction of sp³-hybridized carbons (Fsp3) is 0.615. The van der Waals surface area contributed by atoms with Crippen LogP contribution in [0.2, 0.25) is 0 Å². The highest BCUT2D eigenvalue weighted by atomic mass is 16.5. The molecular formula is C13H21NO2. The van der Waals surface area contributed by atoms with Crippen LogP contribution in [0, 0.1) is 5.92 Å². The van der Waals surface area contributed by atoms with Crippen molar-refractivity contribution in [1.82, 2.24) is 4.98 Å². The molecule has 0 aliphatic carbocycles. The van der Waals surface area contributed by atoms with Gasteiger partial charge in [-0.1, -0.05) is 20.8 Å². The first-order chi connectivity index (χ1) is 7.56. The molecule has 3 nitrogen and oxygen atoms in total. The Labute approximate surface area is 97.5 Å². The molecule has 0 radical (unpaired) electrons. The van der Waals surface area contributed by atoms with Crippen LogP contribution in [-0.4, -0.2) is 16.2 Å². The van der Waals surface area contributed by atoms with Gasteiger partial charge in [-0.3, -0.25) is 0 Å². The number of aliphatic hydroxyl groups is 1. The minimum Gasteiger partial charge on any atom is -0.474 e. The predicted molar refractivity (Wildman–Crippen MR) is 64.5 cm³/mol. The summed E-state index contributed by atoms with van der Waals surface area (Å²) >= 11 is 0. The van der Waals surface area contributed by atoms with E-state index in [2.05, 4.69) is 18.8 Å². The van der Waals surface area contributed by atoms with E-state index in [-0.39, 0.29) is 12.7 Å². The van der Waals surface area contributed by atoms with Gasteiger partial charge in [0, 0.05) is 11.8 Å². The summed E-state index contributed by atoms with van der Waals surface area (Å²) in [6.45, 7) is 8.33. The number of nitrogens with zero attached hydrogens (tertiary/aromatic N) is 1. The number of hydrogen-bond donors (Lipinski definition) is 1. The Morgan fingerprint density at radius 1 is 1.31 bits per heavy atom. The van der Waals surface area contributed by atoms with Crippen LogP contribution in [0.15, 0.2) is 12.1 Å². The molecule has 0 saturated heterocycles. The normalized spacial score (nSPS) is 12.9. The van der Waals surface area contributed by atoms with E-state index in [1.165, 1.54) is 0 Å². The third kappa shape index (κ3) is 3.49. The van der Waals surface area contributed by atoms with Crippen LogP contribution >= 0.6 is 0 Å². The molecule has 1 rings (SSSR count). The monoisotopic (exact) mass is 223 g/mol. The van der Waals surface area contributed by atoms with Crippen LogP contribution in [0.4, 0.5) is 0 Å². The Morgan fingerprint density at radius 2 is 2.00 bits per heavy atom. The standard InChI is InChI=1S/C13H21NO2/c1-5-12-6-11(8-15)7-13(14-12)16-10(4)9(2)3/h6-7,9-10,15H,5,8H2,1-4H3. The van der Waals surface area contributed by atoms with E-state index in [1.54, 1.807) is 6.07 Å². The van der Waals surface area contributed by atoms with Crippen molar-refractivity contribution < 1.29 is 9.84 Å². The Balaban J connectivity index is 2.86.